The molecular formula is C29H39N7O5S. The zero-order valence-electron chi connectivity index (χ0n) is 24.7. The molecule has 1 aromatic carbocycles. The summed E-state index contributed by atoms with van der Waals surface area (Å²) < 4.78 is 5.45. The Kier molecular flexibility index (Phi) is 9.75. The van der Waals surface area contributed by atoms with E-state index in [2.05, 4.69) is 20.3 Å². The molecule has 226 valence electrons. The lowest BCUT2D eigenvalue weighted by Crippen LogP contribution is -2.52. The number of carbonyl (C=O) groups excluding carboxylic acids is 3. The Morgan fingerprint density at radius 2 is 1.88 bits per heavy atom. The molecule has 1 aromatic heterocycles. The van der Waals surface area contributed by atoms with Crippen molar-refractivity contribution in [3.63, 3.8) is 0 Å². The van der Waals surface area contributed by atoms with Crippen molar-refractivity contribution in [3.05, 3.63) is 51.5 Å². The van der Waals surface area contributed by atoms with Crippen LogP contribution in [0, 0.1) is 12.8 Å². The maximum absolute atomic E-state index is 13.7. The van der Waals surface area contributed by atoms with Crippen molar-refractivity contribution in [2.75, 3.05) is 19.6 Å². The molecule has 0 bridgehead atoms. The zero-order valence-corrected chi connectivity index (χ0v) is 25.5. The van der Waals surface area contributed by atoms with Crippen LogP contribution in [0.25, 0.3) is 20.9 Å². The van der Waals surface area contributed by atoms with E-state index in [9.17, 15) is 25.0 Å². The lowest BCUT2D eigenvalue weighted by Gasteiger charge is -2.36. The normalized spacial score (nSPS) is 20.9. The fourth-order valence-electron chi connectivity index (χ4n) is 5.50. The summed E-state index contributed by atoms with van der Waals surface area (Å²) in [6.07, 6.45) is -0.322. The first-order valence-electron chi connectivity index (χ1n) is 14.2. The third-order valence-electron chi connectivity index (χ3n) is 7.71. The molecule has 2 aromatic rings. The van der Waals surface area contributed by atoms with Gasteiger partial charge in [-0.15, -0.1) is 11.3 Å². The SMILES string of the molecule is Cc1ncsc1-c1ccc([C@H](C)NC(=O)[C@@H]2C[C@@H](O)CN2C(=O)[C@@H](N=[N+]=[N-])C2CCN(C(=O)OC(C)(C)C)CC2)cc1. The molecule has 13 heteroatoms. The quantitative estimate of drug-likeness (QED) is 0.270. The molecule has 2 saturated heterocycles. The number of thiazole rings is 1. The van der Waals surface area contributed by atoms with E-state index in [0.29, 0.717) is 25.9 Å². The van der Waals surface area contributed by atoms with Gasteiger partial charge in [0.25, 0.3) is 0 Å². The number of benzene rings is 1. The average molecular weight is 598 g/mol. The number of aliphatic hydroxyl groups excluding tert-OH is 1. The fraction of sp³-hybridized carbons (Fsp3) is 0.586. The summed E-state index contributed by atoms with van der Waals surface area (Å²) in [7, 11) is 0. The van der Waals surface area contributed by atoms with Crippen LogP contribution in [-0.4, -0.2) is 81.2 Å². The first-order valence-corrected chi connectivity index (χ1v) is 15.1. The molecule has 42 heavy (non-hydrogen) atoms. The van der Waals surface area contributed by atoms with Gasteiger partial charge < -0.3 is 25.0 Å². The van der Waals surface area contributed by atoms with Crippen LogP contribution >= 0.6 is 11.3 Å². The molecule has 0 aliphatic carbocycles. The van der Waals surface area contributed by atoms with Gasteiger partial charge in [-0.1, -0.05) is 29.4 Å². The van der Waals surface area contributed by atoms with Crippen LogP contribution in [0.1, 0.15) is 64.3 Å². The fourth-order valence-corrected chi connectivity index (χ4v) is 6.31. The van der Waals surface area contributed by atoms with Crippen molar-refractivity contribution >= 4 is 29.2 Å². The number of carbonyl (C=O) groups is 3. The van der Waals surface area contributed by atoms with Gasteiger partial charge in [-0.25, -0.2) is 9.78 Å². The van der Waals surface area contributed by atoms with Crippen LogP contribution in [0.5, 0.6) is 0 Å². The van der Waals surface area contributed by atoms with Crippen LogP contribution < -0.4 is 5.32 Å². The van der Waals surface area contributed by atoms with Gasteiger partial charge in [0.15, 0.2) is 0 Å². The molecule has 2 N–H and O–H groups in total. The van der Waals surface area contributed by atoms with Crippen LogP contribution in [0.3, 0.4) is 0 Å². The number of nitrogens with zero attached hydrogens (tertiary/aromatic N) is 6. The predicted molar refractivity (Wildman–Crippen MR) is 158 cm³/mol. The summed E-state index contributed by atoms with van der Waals surface area (Å²) in [4.78, 5) is 50.8. The van der Waals surface area contributed by atoms with Crippen molar-refractivity contribution in [2.45, 2.75) is 83.7 Å². The van der Waals surface area contributed by atoms with E-state index in [0.717, 1.165) is 21.7 Å². The number of aliphatic hydroxyl groups is 1. The Balaban J connectivity index is 1.40. The number of amides is 3. The number of nitrogens with one attached hydrogen (secondary N) is 1. The van der Waals surface area contributed by atoms with Crippen molar-refractivity contribution < 1.29 is 24.2 Å². The molecule has 2 aliphatic rings. The Bertz CT molecular complexity index is 1330. The highest BCUT2D eigenvalue weighted by Gasteiger charge is 2.43. The molecule has 3 amide bonds. The predicted octanol–water partition coefficient (Wildman–Crippen LogP) is 4.58. The van der Waals surface area contributed by atoms with Gasteiger partial charge in [-0.3, -0.25) is 9.59 Å². The molecule has 0 spiro atoms. The number of hydrogen-bond acceptors (Lipinski definition) is 8. The smallest absolute Gasteiger partial charge is 0.410 e. The first kappa shape index (κ1) is 31.3. The van der Waals surface area contributed by atoms with Gasteiger partial charge in [-0.2, -0.15) is 0 Å². The van der Waals surface area contributed by atoms with E-state index in [1.165, 1.54) is 4.90 Å². The lowest BCUT2D eigenvalue weighted by atomic mass is 9.89. The maximum Gasteiger partial charge on any atom is 0.410 e. The number of ether oxygens (including phenoxy) is 1. The molecule has 4 atom stereocenters. The van der Waals surface area contributed by atoms with Crippen molar-refractivity contribution in [1.82, 2.24) is 20.1 Å². The Labute approximate surface area is 249 Å². The molecule has 3 heterocycles. The Hall–Kier alpha value is -3.67. The standard InChI is InChI=1S/C29H39N7O5S/c1-17(19-6-8-21(9-7-19)25-18(2)31-16-42-25)32-26(38)23-14-22(37)15-36(23)27(39)24(33-34-30)20-10-12-35(13-11-20)28(40)41-29(3,4)5/h6-9,16-17,20,22-24,37H,10-15H2,1-5H3,(H,32,38)/t17-,22+,23-,24-/m0/s1. The van der Waals surface area contributed by atoms with Crippen LogP contribution in [0.2, 0.25) is 0 Å². The second-order valence-corrected chi connectivity index (χ2v) is 12.8. The van der Waals surface area contributed by atoms with Gasteiger partial charge in [0.2, 0.25) is 11.8 Å². The van der Waals surface area contributed by atoms with E-state index in [1.807, 2.05) is 43.6 Å². The molecule has 2 fully saturated rings. The van der Waals surface area contributed by atoms with Crippen LogP contribution in [-0.2, 0) is 14.3 Å². The first-order chi connectivity index (χ1) is 19.9. The Morgan fingerprint density at radius 3 is 2.45 bits per heavy atom. The van der Waals surface area contributed by atoms with Gasteiger partial charge in [0.1, 0.15) is 17.7 Å². The number of aryl methyl sites for hydroxylation is 1. The highest BCUT2D eigenvalue weighted by Crippen LogP contribution is 2.30. The van der Waals surface area contributed by atoms with Crippen molar-refractivity contribution in [1.29, 1.82) is 0 Å². The largest absolute Gasteiger partial charge is 0.444 e. The third kappa shape index (κ3) is 7.39. The van der Waals surface area contributed by atoms with E-state index < -0.39 is 35.8 Å². The number of piperidine rings is 1. The lowest BCUT2D eigenvalue weighted by molar-refractivity contribution is -0.141. The van der Waals surface area contributed by atoms with E-state index in [1.54, 1.807) is 37.0 Å². The monoisotopic (exact) mass is 597 g/mol. The number of likely N-dealkylation sites (tertiary alicyclic amines) is 2. The minimum absolute atomic E-state index is 0.0254. The van der Waals surface area contributed by atoms with Crippen LogP contribution in [0.4, 0.5) is 4.79 Å². The highest BCUT2D eigenvalue weighted by atomic mass is 32.1. The second kappa shape index (κ2) is 13.1. The van der Waals surface area contributed by atoms with Gasteiger partial charge in [0, 0.05) is 31.0 Å². The highest BCUT2D eigenvalue weighted by molar-refractivity contribution is 7.13. The second-order valence-electron chi connectivity index (χ2n) is 12.0. The van der Waals surface area contributed by atoms with Gasteiger partial charge in [0.05, 0.1) is 28.2 Å². The third-order valence-corrected chi connectivity index (χ3v) is 8.69. The summed E-state index contributed by atoms with van der Waals surface area (Å²) in [5.41, 5.74) is 13.4. The maximum atomic E-state index is 13.7. The molecule has 2 aliphatic heterocycles. The molecule has 12 nitrogen and oxygen atoms in total. The summed E-state index contributed by atoms with van der Waals surface area (Å²) in [5, 5.41) is 17.2. The zero-order chi connectivity index (χ0) is 30.6. The van der Waals surface area contributed by atoms with E-state index in [4.69, 9.17) is 4.74 Å². The molecular weight excluding hydrogens is 558 g/mol. The molecule has 0 radical (unpaired) electrons. The summed E-state index contributed by atoms with van der Waals surface area (Å²) in [6.45, 7) is 9.91. The van der Waals surface area contributed by atoms with E-state index in [-0.39, 0.29) is 30.8 Å². The molecule has 0 saturated carbocycles. The average Bonchev–Trinajstić information content (AvgIpc) is 3.56. The summed E-state index contributed by atoms with van der Waals surface area (Å²) in [6, 6.07) is 5.61. The minimum Gasteiger partial charge on any atom is -0.444 e. The van der Waals surface area contributed by atoms with Crippen molar-refractivity contribution in [2.24, 2.45) is 11.0 Å². The minimum atomic E-state index is -1.04. The van der Waals surface area contributed by atoms with Crippen molar-refractivity contribution in [3.8, 4) is 10.4 Å². The van der Waals surface area contributed by atoms with Gasteiger partial charge in [-0.05, 0) is 70.0 Å². The number of β-amino-alcohol motifs (C(OH)–C–C–N with tert-alkyl or cyclic N) is 1. The number of rotatable bonds is 7. The van der Waals surface area contributed by atoms with Gasteiger partial charge >= 0.3 is 6.09 Å². The number of azide groups is 1. The van der Waals surface area contributed by atoms with Crippen LogP contribution in [0.15, 0.2) is 34.9 Å². The Morgan fingerprint density at radius 1 is 1.21 bits per heavy atom. The van der Waals surface area contributed by atoms with E-state index >= 15 is 0 Å². The number of aromatic nitrogens is 1. The molecule has 0 unspecified atom stereocenters. The summed E-state index contributed by atoms with van der Waals surface area (Å²) >= 11 is 1.57. The summed E-state index contributed by atoms with van der Waals surface area (Å²) in [5.74, 6) is -1.18. The topological polar surface area (TPSA) is 161 Å². The number of hydrogen-bond donors (Lipinski definition) is 2. The molecule has 4 rings (SSSR count).